The number of amidine groups is 1. The molecule has 0 radical (unpaired) electrons. The Labute approximate surface area is 101 Å². The maximum atomic E-state index is 12.5. The Morgan fingerprint density at radius 1 is 1.41 bits per heavy atom. The minimum absolute atomic E-state index is 0.216. The number of benzene rings is 1. The van der Waals surface area contributed by atoms with E-state index in [0.29, 0.717) is 10.9 Å². The average Bonchev–Trinajstić information content (AvgIpc) is 2.63. The zero-order valence-electron chi connectivity index (χ0n) is 9.08. The quantitative estimate of drug-likeness (QED) is 0.834. The fourth-order valence-electron chi connectivity index (χ4n) is 1.44. The van der Waals surface area contributed by atoms with E-state index in [1.807, 2.05) is 6.92 Å². The Morgan fingerprint density at radius 2 is 2.18 bits per heavy atom. The molecule has 0 bridgehead atoms. The van der Waals surface area contributed by atoms with Gasteiger partial charge in [0.25, 0.3) is 0 Å². The highest BCUT2D eigenvalue weighted by Crippen LogP contribution is 2.31. The van der Waals surface area contributed by atoms with Gasteiger partial charge >= 0.3 is 6.18 Å². The number of hydrogen-bond donors (Lipinski definition) is 1. The number of nitrogens with one attached hydrogen (secondary N) is 1. The molecule has 1 aromatic carbocycles. The van der Waals surface area contributed by atoms with Gasteiger partial charge in [-0.2, -0.15) is 13.2 Å². The van der Waals surface area contributed by atoms with Crippen molar-refractivity contribution in [3.8, 4) is 0 Å². The third kappa shape index (κ3) is 3.15. The van der Waals surface area contributed by atoms with Crippen molar-refractivity contribution in [2.45, 2.75) is 19.1 Å². The molecule has 1 unspecified atom stereocenters. The fraction of sp³-hybridized carbons (Fsp3) is 0.364. The Bertz CT molecular complexity index is 443. The second-order valence-electron chi connectivity index (χ2n) is 3.80. The van der Waals surface area contributed by atoms with Gasteiger partial charge in [0.2, 0.25) is 0 Å². The fourth-order valence-corrected chi connectivity index (χ4v) is 2.36. The lowest BCUT2D eigenvalue weighted by molar-refractivity contribution is -0.137. The standard InChI is InChI=1S/C11H11F3N2S/c1-7-6-17-10(15-7)16-9-4-2-3-8(5-9)11(12,13)14/h2-5,7H,6H2,1H3,(H,15,16). The lowest BCUT2D eigenvalue weighted by Gasteiger charge is -2.09. The normalized spacial score (nSPS) is 20.2. The number of anilines is 1. The molecule has 2 nitrogen and oxygen atoms in total. The van der Waals surface area contributed by atoms with Crippen molar-refractivity contribution in [1.82, 2.24) is 0 Å². The van der Waals surface area contributed by atoms with Gasteiger partial charge in [-0.05, 0) is 25.1 Å². The molecule has 1 aliphatic rings. The van der Waals surface area contributed by atoms with E-state index in [-0.39, 0.29) is 6.04 Å². The van der Waals surface area contributed by atoms with Gasteiger partial charge in [-0.25, -0.2) is 0 Å². The summed E-state index contributed by atoms with van der Waals surface area (Å²) in [4.78, 5) is 4.26. The molecule has 92 valence electrons. The van der Waals surface area contributed by atoms with Crippen molar-refractivity contribution in [3.63, 3.8) is 0 Å². The smallest absolute Gasteiger partial charge is 0.335 e. The van der Waals surface area contributed by atoms with Crippen LogP contribution in [0.4, 0.5) is 18.9 Å². The molecule has 0 fully saturated rings. The van der Waals surface area contributed by atoms with Gasteiger partial charge in [0.15, 0.2) is 5.17 Å². The molecular formula is C11H11F3N2S. The Balaban J connectivity index is 2.15. The number of alkyl halides is 3. The van der Waals surface area contributed by atoms with E-state index >= 15 is 0 Å². The molecule has 1 aliphatic heterocycles. The monoisotopic (exact) mass is 260 g/mol. The molecule has 0 saturated heterocycles. The number of nitrogens with zero attached hydrogens (tertiary/aromatic N) is 1. The van der Waals surface area contributed by atoms with Crippen LogP contribution in [-0.4, -0.2) is 17.0 Å². The summed E-state index contributed by atoms with van der Waals surface area (Å²) in [5.74, 6) is 0.862. The van der Waals surface area contributed by atoms with Crippen LogP contribution in [0.5, 0.6) is 0 Å². The van der Waals surface area contributed by atoms with Crippen LogP contribution in [0.2, 0.25) is 0 Å². The van der Waals surface area contributed by atoms with Crippen LogP contribution >= 0.6 is 11.8 Å². The van der Waals surface area contributed by atoms with E-state index in [2.05, 4.69) is 10.3 Å². The Hall–Kier alpha value is -1.17. The van der Waals surface area contributed by atoms with Crippen molar-refractivity contribution in [1.29, 1.82) is 0 Å². The minimum Gasteiger partial charge on any atom is -0.335 e. The van der Waals surface area contributed by atoms with Crippen LogP contribution in [0.25, 0.3) is 0 Å². The Morgan fingerprint density at radius 3 is 2.76 bits per heavy atom. The summed E-state index contributed by atoms with van der Waals surface area (Å²) in [7, 11) is 0. The van der Waals surface area contributed by atoms with Crippen LogP contribution in [0, 0.1) is 0 Å². The van der Waals surface area contributed by atoms with E-state index in [1.165, 1.54) is 17.8 Å². The molecule has 0 spiro atoms. The summed E-state index contributed by atoms with van der Waals surface area (Å²) < 4.78 is 37.4. The minimum atomic E-state index is -4.31. The first-order valence-corrected chi connectivity index (χ1v) is 6.08. The summed E-state index contributed by atoms with van der Waals surface area (Å²) in [6.07, 6.45) is -4.31. The van der Waals surface area contributed by atoms with E-state index in [9.17, 15) is 13.2 Å². The summed E-state index contributed by atoms with van der Waals surface area (Å²) in [6, 6.07) is 5.34. The predicted molar refractivity (Wildman–Crippen MR) is 64.4 cm³/mol. The lowest BCUT2D eigenvalue weighted by Crippen LogP contribution is -2.08. The SMILES string of the molecule is CC1CSC(Nc2cccc(C(F)(F)F)c2)=N1. The third-order valence-electron chi connectivity index (χ3n) is 2.24. The molecule has 6 heteroatoms. The molecule has 1 atom stereocenters. The number of thioether (sulfide) groups is 1. The summed E-state index contributed by atoms with van der Waals surface area (Å²) >= 11 is 1.52. The van der Waals surface area contributed by atoms with Gasteiger partial charge in [0.1, 0.15) is 0 Å². The first kappa shape index (κ1) is 12.3. The third-order valence-corrected chi connectivity index (χ3v) is 3.37. The summed E-state index contributed by atoms with van der Waals surface area (Å²) in [6.45, 7) is 1.97. The van der Waals surface area contributed by atoms with Gasteiger partial charge < -0.3 is 5.32 Å². The maximum Gasteiger partial charge on any atom is 0.416 e. The van der Waals surface area contributed by atoms with Gasteiger partial charge in [-0.15, -0.1) is 0 Å². The lowest BCUT2D eigenvalue weighted by atomic mass is 10.2. The van der Waals surface area contributed by atoms with E-state index in [0.717, 1.165) is 17.9 Å². The van der Waals surface area contributed by atoms with Crippen LogP contribution < -0.4 is 5.32 Å². The van der Waals surface area contributed by atoms with Crippen molar-refractivity contribution < 1.29 is 13.2 Å². The van der Waals surface area contributed by atoms with Crippen LogP contribution in [0.1, 0.15) is 12.5 Å². The molecule has 2 rings (SSSR count). The molecule has 0 aromatic heterocycles. The van der Waals surface area contributed by atoms with Gasteiger partial charge in [0, 0.05) is 11.4 Å². The highest BCUT2D eigenvalue weighted by Gasteiger charge is 2.30. The van der Waals surface area contributed by atoms with Gasteiger partial charge in [-0.3, -0.25) is 4.99 Å². The summed E-state index contributed by atoms with van der Waals surface area (Å²) in [5.41, 5.74) is -0.237. The molecule has 1 heterocycles. The number of aliphatic imine (C=N–C) groups is 1. The van der Waals surface area contributed by atoms with Crippen molar-refractivity contribution in [2.75, 3.05) is 11.1 Å². The first-order valence-electron chi connectivity index (χ1n) is 5.10. The van der Waals surface area contributed by atoms with Crippen LogP contribution in [-0.2, 0) is 6.18 Å². The number of rotatable bonds is 1. The average molecular weight is 260 g/mol. The van der Waals surface area contributed by atoms with Gasteiger partial charge in [-0.1, -0.05) is 17.8 Å². The molecule has 0 amide bonds. The second kappa shape index (κ2) is 4.60. The zero-order chi connectivity index (χ0) is 12.5. The number of halogens is 3. The zero-order valence-corrected chi connectivity index (χ0v) is 9.90. The molecule has 0 aliphatic carbocycles. The number of hydrogen-bond acceptors (Lipinski definition) is 3. The van der Waals surface area contributed by atoms with E-state index in [1.54, 1.807) is 6.07 Å². The maximum absolute atomic E-state index is 12.5. The highest BCUT2D eigenvalue weighted by molar-refractivity contribution is 8.14. The van der Waals surface area contributed by atoms with Crippen LogP contribution in [0.3, 0.4) is 0 Å². The molecule has 1 aromatic rings. The predicted octanol–water partition coefficient (Wildman–Crippen LogP) is 3.61. The Kier molecular flexibility index (Phi) is 3.33. The van der Waals surface area contributed by atoms with Crippen LogP contribution in [0.15, 0.2) is 29.3 Å². The molecule has 0 saturated carbocycles. The topological polar surface area (TPSA) is 24.4 Å². The summed E-state index contributed by atoms with van der Waals surface area (Å²) in [5, 5.41) is 3.57. The van der Waals surface area contributed by atoms with E-state index < -0.39 is 11.7 Å². The van der Waals surface area contributed by atoms with Crippen molar-refractivity contribution in [2.24, 2.45) is 4.99 Å². The molecule has 1 N–H and O–H groups in total. The largest absolute Gasteiger partial charge is 0.416 e. The van der Waals surface area contributed by atoms with E-state index in [4.69, 9.17) is 0 Å². The first-order chi connectivity index (χ1) is 7.95. The molecular weight excluding hydrogens is 249 g/mol. The second-order valence-corrected chi connectivity index (χ2v) is 4.81. The van der Waals surface area contributed by atoms with Crippen molar-refractivity contribution >= 4 is 22.6 Å². The van der Waals surface area contributed by atoms with Crippen molar-refractivity contribution in [3.05, 3.63) is 29.8 Å². The van der Waals surface area contributed by atoms with Gasteiger partial charge in [0.05, 0.1) is 11.6 Å². The highest BCUT2D eigenvalue weighted by atomic mass is 32.2. The molecule has 17 heavy (non-hydrogen) atoms.